The Labute approximate surface area is 190 Å². The van der Waals surface area contributed by atoms with Gasteiger partial charge in [0.25, 0.3) is 10.0 Å². The Balaban J connectivity index is 1.80. The highest BCUT2D eigenvalue weighted by Crippen LogP contribution is 2.44. The Kier molecular flexibility index (Phi) is 7.24. The fourth-order valence-corrected chi connectivity index (χ4v) is 6.57. The summed E-state index contributed by atoms with van der Waals surface area (Å²) in [4.78, 5) is 0.634. The summed E-state index contributed by atoms with van der Waals surface area (Å²) in [6.45, 7) is 10.5. The largest absolute Gasteiger partial charge is 0.504 e. The number of rotatable bonds is 10. The number of hydrogen-bond acceptors (Lipinski definition) is 10. The van der Waals surface area contributed by atoms with Gasteiger partial charge in [-0.2, -0.15) is 13.1 Å². The first kappa shape index (κ1) is 23.5. The molecule has 0 bridgehead atoms. The van der Waals surface area contributed by atoms with Gasteiger partial charge in [0, 0.05) is 18.0 Å². The van der Waals surface area contributed by atoms with Gasteiger partial charge in [-0.3, -0.25) is 0 Å². The Morgan fingerprint density at radius 3 is 2.52 bits per heavy atom. The van der Waals surface area contributed by atoms with Crippen LogP contribution >= 0.6 is 23.1 Å². The Morgan fingerprint density at radius 2 is 1.90 bits per heavy atom. The van der Waals surface area contributed by atoms with E-state index in [9.17, 15) is 13.5 Å². The summed E-state index contributed by atoms with van der Waals surface area (Å²) >= 11 is 2.03. The molecule has 0 saturated carbocycles. The fraction of sp³-hybridized carbons (Fsp3) is 0.474. The maximum Gasteiger partial charge on any atom is 0.256 e. The second kappa shape index (κ2) is 9.55. The van der Waals surface area contributed by atoms with Crippen LogP contribution in [-0.4, -0.2) is 39.7 Å². The lowest BCUT2D eigenvalue weighted by atomic mass is 10.1. The molecule has 0 aliphatic rings. The molecule has 0 spiro atoms. The normalized spacial score (nSPS) is 12.1. The summed E-state index contributed by atoms with van der Waals surface area (Å²) in [6, 6.07) is 1.99. The van der Waals surface area contributed by atoms with Crippen LogP contribution in [0.15, 0.2) is 21.0 Å². The Bertz CT molecular complexity index is 1130. The van der Waals surface area contributed by atoms with Crippen LogP contribution in [-0.2, 0) is 16.6 Å². The average molecular weight is 486 g/mol. The van der Waals surface area contributed by atoms with Gasteiger partial charge in [0.05, 0.1) is 30.2 Å². The van der Waals surface area contributed by atoms with Crippen LogP contribution < -0.4 is 10.6 Å². The van der Waals surface area contributed by atoms with E-state index in [1.165, 1.54) is 4.31 Å². The first-order valence-electron chi connectivity index (χ1n) is 9.92. The highest BCUT2D eigenvalue weighted by molar-refractivity contribution is 7.91. The molecule has 9 nitrogen and oxygen atoms in total. The van der Waals surface area contributed by atoms with E-state index in [0.717, 1.165) is 34.4 Å². The van der Waals surface area contributed by atoms with Crippen LogP contribution in [0.2, 0.25) is 0 Å². The number of sulfonamides is 1. The van der Waals surface area contributed by atoms with Gasteiger partial charge in [-0.05, 0) is 24.5 Å². The molecule has 0 aliphatic carbocycles. The molecule has 3 aromatic heterocycles. The molecule has 3 aromatic rings. The van der Waals surface area contributed by atoms with Gasteiger partial charge in [0.2, 0.25) is 0 Å². The maximum absolute atomic E-state index is 12.9. The first-order chi connectivity index (χ1) is 14.7. The number of nitrogens with one attached hydrogen (secondary N) is 2. The van der Waals surface area contributed by atoms with Crippen molar-refractivity contribution in [1.82, 2.24) is 13.1 Å². The van der Waals surface area contributed by atoms with E-state index >= 15 is 0 Å². The summed E-state index contributed by atoms with van der Waals surface area (Å²) in [6.07, 6.45) is 1.74. The van der Waals surface area contributed by atoms with E-state index in [1.807, 2.05) is 6.07 Å². The number of aryl methyl sites for hydroxylation is 1. The third-order valence-electron chi connectivity index (χ3n) is 4.81. The van der Waals surface area contributed by atoms with Crippen molar-refractivity contribution in [2.75, 3.05) is 23.7 Å². The molecule has 0 radical (unpaired) electrons. The zero-order valence-corrected chi connectivity index (χ0v) is 20.5. The van der Waals surface area contributed by atoms with Gasteiger partial charge in [-0.1, -0.05) is 27.7 Å². The van der Waals surface area contributed by atoms with Crippen molar-refractivity contribution >= 4 is 50.4 Å². The smallest absolute Gasteiger partial charge is 0.256 e. The molecule has 0 saturated heterocycles. The van der Waals surface area contributed by atoms with Crippen molar-refractivity contribution in [2.24, 2.45) is 0 Å². The average Bonchev–Trinajstić information content (AvgIpc) is 3.43. The van der Waals surface area contributed by atoms with Crippen molar-refractivity contribution in [3.05, 3.63) is 28.5 Å². The summed E-state index contributed by atoms with van der Waals surface area (Å²) in [5.41, 5.74) is 1.43. The van der Waals surface area contributed by atoms with Crippen LogP contribution in [0.4, 0.5) is 17.3 Å². The lowest BCUT2D eigenvalue weighted by molar-refractivity contribution is 0.434. The molecular weight excluding hydrogens is 458 g/mol. The SMILES string of the molecule is CCN(CC)S(=O)(=O)c1sc(C)c(Nc2nsnc2NCc2cc(C(C)C)co2)c1O. The number of nitrogens with zero attached hydrogens (tertiary/aromatic N) is 3. The summed E-state index contributed by atoms with van der Waals surface area (Å²) < 4.78 is 41.0. The van der Waals surface area contributed by atoms with Crippen molar-refractivity contribution in [3.63, 3.8) is 0 Å². The molecule has 0 unspecified atom stereocenters. The van der Waals surface area contributed by atoms with Crippen molar-refractivity contribution in [1.29, 1.82) is 0 Å². The molecule has 3 rings (SSSR count). The predicted molar refractivity (Wildman–Crippen MR) is 124 cm³/mol. The summed E-state index contributed by atoms with van der Waals surface area (Å²) in [5.74, 6) is 1.74. The lowest BCUT2D eigenvalue weighted by Gasteiger charge is -2.17. The summed E-state index contributed by atoms with van der Waals surface area (Å²) in [7, 11) is -3.77. The molecule has 0 aliphatic heterocycles. The monoisotopic (exact) mass is 485 g/mol. The zero-order chi connectivity index (χ0) is 22.8. The zero-order valence-electron chi connectivity index (χ0n) is 18.1. The number of thiophene rings is 1. The van der Waals surface area contributed by atoms with Gasteiger partial charge in [0.1, 0.15) is 5.76 Å². The van der Waals surface area contributed by atoms with Crippen molar-refractivity contribution in [3.8, 4) is 5.75 Å². The minimum Gasteiger partial charge on any atom is -0.504 e. The topological polar surface area (TPSA) is 121 Å². The molecule has 31 heavy (non-hydrogen) atoms. The molecule has 0 fully saturated rings. The molecule has 0 atom stereocenters. The van der Waals surface area contributed by atoms with Crippen molar-refractivity contribution in [2.45, 2.75) is 51.3 Å². The van der Waals surface area contributed by atoms with E-state index < -0.39 is 10.0 Å². The second-order valence-corrected chi connectivity index (χ2v) is 11.1. The molecular formula is C19H27N5O4S3. The maximum atomic E-state index is 12.9. The quantitative estimate of drug-likeness (QED) is 0.377. The van der Waals surface area contributed by atoms with Crippen LogP contribution in [0.1, 0.15) is 49.8 Å². The van der Waals surface area contributed by atoms with Crippen LogP contribution in [0.5, 0.6) is 5.75 Å². The molecule has 12 heteroatoms. The molecule has 0 amide bonds. The molecule has 3 heterocycles. The Morgan fingerprint density at radius 1 is 1.23 bits per heavy atom. The van der Waals surface area contributed by atoms with E-state index in [1.54, 1.807) is 27.0 Å². The number of aromatic hydroxyl groups is 1. The molecule has 170 valence electrons. The number of anilines is 3. The standard InChI is InChI=1S/C19H27N5O4S3/c1-6-24(7-2)31(26,27)19-16(25)15(12(5)29-19)21-18-17(22-30-23-18)20-9-14-8-13(10-28-14)11(3)4/h8,10-11,25H,6-7,9H2,1-5H3,(H,20,22)(H,21,23). The van der Waals surface area contributed by atoms with Gasteiger partial charge >= 0.3 is 0 Å². The van der Waals surface area contributed by atoms with Gasteiger partial charge in [0.15, 0.2) is 21.6 Å². The summed E-state index contributed by atoms with van der Waals surface area (Å²) in [5, 5.41) is 16.9. The molecule has 0 aromatic carbocycles. The Hall–Kier alpha value is -2.15. The van der Waals surface area contributed by atoms with E-state index in [4.69, 9.17) is 4.42 Å². The minimum absolute atomic E-state index is 0.0781. The first-order valence-corrected chi connectivity index (χ1v) is 12.9. The van der Waals surface area contributed by atoms with Gasteiger partial charge in [-0.15, -0.1) is 11.3 Å². The van der Waals surface area contributed by atoms with Crippen LogP contribution in [0, 0.1) is 6.92 Å². The van der Waals surface area contributed by atoms with E-state index in [2.05, 4.69) is 33.2 Å². The lowest BCUT2D eigenvalue weighted by Crippen LogP contribution is -2.30. The van der Waals surface area contributed by atoms with Crippen LogP contribution in [0.3, 0.4) is 0 Å². The molecule has 3 N–H and O–H groups in total. The fourth-order valence-electron chi connectivity index (χ4n) is 2.98. The number of hydrogen-bond donors (Lipinski definition) is 3. The van der Waals surface area contributed by atoms with Crippen molar-refractivity contribution < 1.29 is 17.9 Å². The third-order valence-corrected chi connectivity index (χ3v) is 8.97. The predicted octanol–water partition coefficient (Wildman–Crippen LogP) is 4.72. The second-order valence-electron chi connectivity index (χ2n) is 7.20. The van der Waals surface area contributed by atoms with Gasteiger partial charge in [-0.25, -0.2) is 8.42 Å². The van der Waals surface area contributed by atoms with E-state index in [0.29, 0.717) is 47.8 Å². The van der Waals surface area contributed by atoms with E-state index in [-0.39, 0.29) is 9.96 Å². The highest BCUT2D eigenvalue weighted by atomic mass is 32.2. The number of furan rings is 1. The minimum atomic E-state index is -3.77. The third kappa shape index (κ3) is 4.86. The number of aromatic nitrogens is 2. The van der Waals surface area contributed by atoms with Gasteiger partial charge < -0.3 is 20.2 Å². The highest BCUT2D eigenvalue weighted by Gasteiger charge is 2.30. The van der Waals surface area contributed by atoms with Crippen LogP contribution in [0.25, 0.3) is 0 Å².